The number of benzene rings is 1. The van der Waals surface area contributed by atoms with Crippen LogP contribution in [0, 0.1) is 0 Å². The van der Waals surface area contributed by atoms with Crippen molar-refractivity contribution in [2.75, 3.05) is 7.11 Å². The highest BCUT2D eigenvalue weighted by atomic mass is 35.5. The SMILES string of the molecule is COc1cnccc1C(=O)Cc1ccc(Cl)cc1Cl. The molecule has 2 aromatic rings. The second-order valence-corrected chi connectivity index (χ2v) is 4.76. The summed E-state index contributed by atoms with van der Waals surface area (Å²) in [5, 5.41) is 1.02. The summed E-state index contributed by atoms with van der Waals surface area (Å²) < 4.78 is 5.12. The maximum Gasteiger partial charge on any atom is 0.171 e. The standard InChI is InChI=1S/C14H11Cl2NO2/c1-19-14-8-17-5-4-11(14)13(18)6-9-2-3-10(15)7-12(9)16/h2-5,7-8H,6H2,1H3. The molecule has 0 unspecified atom stereocenters. The molecule has 0 fully saturated rings. The lowest BCUT2D eigenvalue weighted by Gasteiger charge is -2.08. The predicted octanol–water partition coefficient (Wildman–Crippen LogP) is 3.82. The van der Waals surface area contributed by atoms with Gasteiger partial charge in [-0.2, -0.15) is 0 Å². The van der Waals surface area contributed by atoms with Gasteiger partial charge in [0.25, 0.3) is 0 Å². The van der Waals surface area contributed by atoms with Gasteiger partial charge in [0.2, 0.25) is 0 Å². The van der Waals surface area contributed by atoms with Gasteiger partial charge in [-0.15, -0.1) is 0 Å². The van der Waals surface area contributed by atoms with Crippen LogP contribution in [0.3, 0.4) is 0 Å². The summed E-state index contributed by atoms with van der Waals surface area (Å²) in [5.41, 5.74) is 1.22. The highest BCUT2D eigenvalue weighted by Crippen LogP contribution is 2.24. The van der Waals surface area contributed by atoms with Crippen molar-refractivity contribution in [3.8, 4) is 5.75 Å². The van der Waals surface area contributed by atoms with Crippen LogP contribution in [0.5, 0.6) is 5.75 Å². The van der Waals surface area contributed by atoms with Crippen molar-refractivity contribution in [1.82, 2.24) is 4.98 Å². The van der Waals surface area contributed by atoms with Crippen LogP contribution in [0.1, 0.15) is 15.9 Å². The first-order valence-electron chi connectivity index (χ1n) is 5.57. The molecule has 0 bridgehead atoms. The number of ether oxygens (including phenoxy) is 1. The van der Waals surface area contributed by atoms with Crippen LogP contribution in [0.25, 0.3) is 0 Å². The monoisotopic (exact) mass is 295 g/mol. The molecule has 0 aliphatic heterocycles. The van der Waals surface area contributed by atoms with E-state index in [0.29, 0.717) is 21.4 Å². The maximum absolute atomic E-state index is 12.2. The van der Waals surface area contributed by atoms with Crippen molar-refractivity contribution in [2.45, 2.75) is 6.42 Å². The van der Waals surface area contributed by atoms with Crippen molar-refractivity contribution < 1.29 is 9.53 Å². The van der Waals surface area contributed by atoms with E-state index < -0.39 is 0 Å². The molecule has 0 amide bonds. The van der Waals surface area contributed by atoms with Crippen LogP contribution in [-0.4, -0.2) is 17.9 Å². The number of ketones is 1. The molecular weight excluding hydrogens is 285 g/mol. The zero-order chi connectivity index (χ0) is 13.8. The van der Waals surface area contributed by atoms with Gasteiger partial charge in [-0.05, 0) is 23.8 Å². The Kier molecular flexibility index (Phi) is 4.40. The van der Waals surface area contributed by atoms with Crippen LogP contribution in [0.15, 0.2) is 36.7 Å². The van der Waals surface area contributed by atoms with Crippen molar-refractivity contribution in [2.24, 2.45) is 0 Å². The molecule has 98 valence electrons. The Balaban J connectivity index is 2.26. The summed E-state index contributed by atoms with van der Waals surface area (Å²) in [6.45, 7) is 0. The third kappa shape index (κ3) is 3.25. The summed E-state index contributed by atoms with van der Waals surface area (Å²) in [6.07, 6.45) is 3.26. The summed E-state index contributed by atoms with van der Waals surface area (Å²) in [5.74, 6) is 0.376. The summed E-state index contributed by atoms with van der Waals surface area (Å²) >= 11 is 11.9. The molecule has 0 N–H and O–H groups in total. The molecule has 19 heavy (non-hydrogen) atoms. The molecule has 0 radical (unpaired) electrons. The third-order valence-electron chi connectivity index (χ3n) is 2.67. The first-order valence-corrected chi connectivity index (χ1v) is 6.32. The third-order valence-corrected chi connectivity index (χ3v) is 3.26. The largest absolute Gasteiger partial charge is 0.494 e. The van der Waals surface area contributed by atoms with Crippen molar-refractivity contribution >= 4 is 29.0 Å². The van der Waals surface area contributed by atoms with E-state index in [2.05, 4.69) is 4.98 Å². The number of carbonyl (C=O) groups excluding carboxylic acids is 1. The number of nitrogens with zero attached hydrogens (tertiary/aromatic N) is 1. The van der Waals surface area contributed by atoms with E-state index in [0.717, 1.165) is 5.56 Å². The Labute approximate surface area is 121 Å². The van der Waals surface area contributed by atoms with Crippen molar-refractivity contribution in [3.63, 3.8) is 0 Å². The molecule has 1 aromatic heterocycles. The smallest absolute Gasteiger partial charge is 0.171 e. The highest BCUT2D eigenvalue weighted by Gasteiger charge is 2.14. The second-order valence-electron chi connectivity index (χ2n) is 3.91. The number of aromatic nitrogens is 1. The highest BCUT2D eigenvalue weighted by molar-refractivity contribution is 6.35. The Morgan fingerprint density at radius 3 is 2.79 bits per heavy atom. The van der Waals surface area contributed by atoms with Gasteiger partial charge >= 0.3 is 0 Å². The summed E-state index contributed by atoms with van der Waals surface area (Å²) in [4.78, 5) is 16.1. The number of Topliss-reactive ketones (excluding diaryl/α,β-unsaturated/α-hetero) is 1. The Hall–Kier alpha value is -1.58. The van der Waals surface area contributed by atoms with Crippen LogP contribution in [0.2, 0.25) is 10.0 Å². The quantitative estimate of drug-likeness (QED) is 0.805. The molecule has 1 aromatic carbocycles. The molecule has 3 nitrogen and oxygen atoms in total. The van der Waals surface area contributed by atoms with Crippen LogP contribution < -0.4 is 4.74 Å². The molecule has 1 heterocycles. The Morgan fingerprint density at radius 2 is 2.11 bits per heavy atom. The van der Waals surface area contributed by atoms with Crippen molar-refractivity contribution in [1.29, 1.82) is 0 Å². The van der Waals surface area contributed by atoms with E-state index in [1.165, 1.54) is 13.3 Å². The van der Waals surface area contributed by atoms with Gasteiger partial charge < -0.3 is 4.74 Å². The van der Waals surface area contributed by atoms with E-state index in [9.17, 15) is 4.79 Å². The van der Waals surface area contributed by atoms with Gasteiger partial charge in [-0.25, -0.2) is 0 Å². The summed E-state index contributed by atoms with van der Waals surface area (Å²) in [7, 11) is 1.50. The minimum absolute atomic E-state index is 0.0801. The normalized spacial score (nSPS) is 10.3. The number of hydrogen-bond donors (Lipinski definition) is 0. The van der Waals surface area contributed by atoms with Gasteiger partial charge in [0.05, 0.1) is 18.9 Å². The van der Waals surface area contributed by atoms with Gasteiger partial charge in [0.1, 0.15) is 5.75 Å². The van der Waals surface area contributed by atoms with Gasteiger partial charge in [0.15, 0.2) is 5.78 Å². The molecule has 0 saturated carbocycles. The fourth-order valence-electron chi connectivity index (χ4n) is 1.71. The summed E-state index contributed by atoms with van der Waals surface area (Å²) in [6, 6.07) is 6.70. The number of hydrogen-bond acceptors (Lipinski definition) is 3. The zero-order valence-electron chi connectivity index (χ0n) is 10.2. The topological polar surface area (TPSA) is 39.2 Å². The molecule has 2 rings (SSSR count). The van der Waals surface area contributed by atoms with E-state index in [1.54, 1.807) is 30.5 Å². The number of methoxy groups -OCH3 is 1. The predicted molar refractivity (Wildman–Crippen MR) is 75.3 cm³/mol. The second kappa shape index (κ2) is 6.04. The van der Waals surface area contributed by atoms with E-state index in [1.807, 2.05) is 0 Å². The molecule has 0 saturated heterocycles. The lowest BCUT2D eigenvalue weighted by Crippen LogP contribution is -2.06. The first-order chi connectivity index (χ1) is 9.11. The number of halogens is 2. The average Bonchev–Trinajstić information content (AvgIpc) is 2.41. The number of carbonyl (C=O) groups is 1. The molecule has 0 aliphatic carbocycles. The minimum atomic E-state index is -0.0801. The van der Waals surface area contributed by atoms with Crippen LogP contribution in [0.4, 0.5) is 0 Å². The van der Waals surface area contributed by atoms with Gasteiger partial charge in [0, 0.05) is 22.7 Å². The van der Waals surface area contributed by atoms with Crippen LogP contribution in [-0.2, 0) is 6.42 Å². The number of pyridine rings is 1. The van der Waals surface area contributed by atoms with Crippen molar-refractivity contribution in [3.05, 3.63) is 57.8 Å². The van der Waals surface area contributed by atoms with Gasteiger partial charge in [-0.3, -0.25) is 9.78 Å². The fraction of sp³-hybridized carbons (Fsp3) is 0.143. The zero-order valence-corrected chi connectivity index (χ0v) is 11.7. The molecular formula is C14H11Cl2NO2. The Morgan fingerprint density at radius 1 is 1.32 bits per heavy atom. The molecule has 0 aliphatic rings. The lowest BCUT2D eigenvalue weighted by molar-refractivity contribution is 0.0990. The fourth-order valence-corrected chi connectivity index (χ4v) is 2.18. The molecule has 0 atom stereocenters. The number of rotatable bonds is 4. The maximum atomic E-state index is 12.2. The minimum Gasteiger partial charge on any atom is -0.494 e. The van der Waals surface area contributed by atoms with E-state index in [4.69, 9.17) is 27.9 Å². The molecule has 5 heteroatoms. The first kappa shape index (κ1) is 13.8. The Bertz CT molecular complexity index is 614. The van der Waals surface area contributed by atoms with Crippen LogP contribution >= 0.6 is 23.2 Å². The average molecular weight is 296 g/mol. The van der Waals surface area contributed by atoms with E-state index >= 15 is 0 Å². The molecule has 0 spiro atoms. The van der Waals surface area contributed by atoms with Gasteiger partial charge in [-0.1, -0.05) is 29.3 Å². The lowest BCUT2D eigenvalue weighted by atomic mass is 10.0. The van der Waals surface area contributed by atoms with E-state index in [-0.39, 0.29) is 12.2 Å².